The number of aromatic nitrogens is 2. The van der Waals surface area contributed by atoms with Crippen molar-refractivity contribution in [2.75, 3.05) is 6.54 Å². The number of urea groups is 1. The van der Waals surface area contributed by atoms with Crippen LogP contribution in [0.15, 0.2) is 24.5 Å². The van der Waals surface area contributed by atoms with Gasteiger partial charge in [0.2, 0.25) is 0 Å². The smallest absolute Gasteiger partial charge is 0.326 e. The van der Waals surface area contributed by atoms with Crippen LogP contribution in [0.25, 0.3) is 5.65 Å². The molecule has 2 fully saturated rings. The number of hydrogen-bond donors (Lipinski definition) is 1. The van der Waals surface area contributed by atoms with E-state index in [0.29, 0.717) is 12.1 Å². The molecule has 2 aromatic heterocycles. The van der Waals surface area contributed by atoms with Crippen LogP contribution in [-0.2, 0) is 20.9 Å². The maximum atomic E-state index is 12.9. The van der Waals surface area contributed by atoms with E-state index in [-0.39, 0.29) is 25.0 Å². The lowest BCUT2D eigenvalue weighted by atomic mass is 9.73. The Labute approximate surface area is 162 Å². The van der Waals surface area contributed by atoms with Crippen LogP contribution in [0, 0.1) is 12.8 Å². The van der Waals surface area contributed by atoms with Crippen LogP contribution in [0.1, 0.15) is 43.9 Å². The van der Waals surface area contributed by atoms with E-state index in [4.69, 9.17) is 4.74 Å². The molecule has 28 heavy (non-hydrogen) atoms. The van der Waals surface area contributed by atoms with Crippen molar-refractivity contribution >= 4 is 23.6 Å². The number of imidazole rings is 1. The van der Waals surface area contributed by atoms with Crippen molar-refractivity contribution in [1.29, 1.82) is 0 Å². The summed E-state index contributed by atoms with van der Waals surface area (Å²) in [7, 11) is 0. The molecule has 8 nitrogen and oxygen atoms in total. The van der Waals surface area contributed by atoms with Crippen LogP contribution in [0.3, 0.4) is 0 Å². The predicted molar refractivity (Wildman–Crippen MR) is 100 cm³/mol. The van der Waals surface area contributed by atoms with E-state index in [1.54, 1.807) is 6.20 Å². The molecule has 1 aliphatic carbocycles. The number of carbonyl (C=O) groups is 3. The van der Waals surface area contributed by atoms with Gasteiger partial charge in [-0.15, -0.1) is 0 Å². The van der Waals surface area contributed by atoms with Crippen molar-refractivity contribution in [1.82, 2.24) is 19.6 Å². The lowest BCUT2D eigenvalue weighted by molar-refractivity contribution is -0.149. The second-order valence-corrected chi connectivity index (χ2v) is 7.80. The molecule has 0 bridgehead atoms. The first-order valence-electron chi connectivity index (χ1n) is 9.63. The molecule has 2 aromatic rings. The molecule has 3 amide bonds. The lowest BCUT2D eigenvalue weighted by Crippen LogP contribution is -2.54. The number of ether oxygens (including phenoxy) is 1. The zero-order valence-electron chi connectivity index (χ0n) is 16.1. The Kier molecular flexibility index (Phi) is 4.56. The minimum atomic E-state index is -0.866. The number of fused-ring (bicyclic) bond motifs is 1. The Morgan fingerprint density at radius 2 is 2.14 bits per heavy atom. The number of imide groups is 1. The minimum Gasteiger partial charge on any atom is -0.458 e. The molecular weight excluding hydrogens is 360 g/mol. The standard InChI is InChI=1S/C20H24N4O4/c1-13-6-7-16-21-15(10-23(16)9-13)12-28-17(25)11-24-18(26)20(22-19(24)27)8-4-3-5-14(20)2/h6-7,9-10,14H,3-5,8,11-12H2,1-2H3,(H,22,27). The highest BCUT2D eigenvalue weighted by Gasteiger charge is 2.55. The quantitative estimate of drug-likeness (QED) is 0.644. The summed E-state index contributed by atoms with van der Waals surface area (Å²) in [5.74, 6) is -0.887. The van der Waals surface area contributed by atoms with Gasteiger partial charge < -0.3 is 14.5 Å². The van der Waals surface area contributed by atoms with E-state index in [2.05, 4.69) is 10.3 Å². The van der Waals surface area contributed by atoms with Crippen molar-refractivity contribution in [3.05, 3.63) is 35.8 Å². The lowest BCUT2D eigenvalue weighted by Gasteiger charge is -2.36. The van der Waals surface area contributed by atoms with Gasteiger partial charge in [-0.05, 0) is 37.3 Å². The van der Waals surface area contributed by atoms with E-state index >= 15 is 0 Å². The molecule has 0 aromatic carbocycles. The van der Waals surface area contributed by atoms with Crippen molar-refractivity contribution in [2.45, 2.75) is 51.7 Å². The first-order valence-corrected chi connectivity index (χ1v) is 9.63. The predicted octanol–water partition coefficient (Wildman–Crippen LogP) is 2.19. The largest absolute Gasteiger partial charge is 0.458 e. The summed E-state index contributed by atoms with van der Waals surface area (Å²) in [6, 6.07) is 3.33. The Hall–Kier alpha value is -2.90. The van der Waals surface area contributed by atoms with Crippen molar-refractivity contribution in [2.24, 2.45) is 5.92 Å². The number of hydrogen-bond acceptors (Lipinski definition) is 5. The maximum Gasteiger partial charge on any atom is 0.326 e. The number of pyridine rings is 1. The average Bonchev–Trinajstić information content (AvgIpc) is 3.16. The van der Waals surface area contributed by atoms with Gasteiger partial charge in [0.15, 0.2) is 0 Å². The Bertz CT molecular complexity index is 953. The summed E-state index contributed by atoms with van der Waals surface area (Å²) in [5.41, 5.74) is 1.60. The zero-order chi connectivity index (χ0) is 19.9. The van der Waals surface area contributed by atoms with Gasteiger partial charge in [-0.1, -0.05) is 25.8 Å². The van der Waals surface area contributed by atoms with Crippen LogP contribution in [0.5, 0.6) is 0 Å². The van der Waals surface area contributed by atoms with Gasteiger partial charge in [0.1, 0.15) is 24.3 Å². The first kappa shape index (κ1) is 18.5. The van der Waals surface area contributed by atoms with Gasteiger partial charge in [-0.3, -0.25) is 14.5 Å². The Morgan fingerprint density at radius 1 is 1.32 bits per heavy atom. The molecule has 2 aliphatic rings. The number of rotatable bonds is 4. The van der Waals surface area contributed by atoms with Gasteiger partial charge in [-0.25, -0.2) is 9.78 Å². The Morgan fingerprint density at radius 3 is 2.93 bits per heavy atom. The maximum absolute atomic E-state index is 12.9. The summed E-state index contributed by atoms with van der Waals surface area (Å²) in [6.07, 6.45) is 7.17. The number of nitrogens with zero attached hydrogens (tertiary/aromatic N) is 3. The third-order valence-electron chi connectivity index (χ3n) is 5.82. The van der Waals surface area contributed by atoms with Crippen molar-refractivity contribution in [3.8, 4) is 0 Å². The summed E-state index contributed by atoms with van der Waals surface area (Å²) >= 11 is 0. The second-order valence-electron chi connectivity index (χ2n) is 7.80. The second kappa shape index (κ2) is 6.92. The molecule has 148 valence electrons. The topological polar surface area (TPSA) is 93.0 Å². The highest BCUT2D eigenvalue weighted by atomic mass is 16.5. The van der Waals surface area contributed by atoms with Gasteiger partial charge >= 0.3 is 12.0 Å². The molecule has 1 spiro atoms. The fraction of sp³-hybridized carbons (Fsp3) is 0.500. The molecule has 0 radical (unpaired) electrons. The van der Waals surface area contributed by atoms with Crippen LogP contribution in [0.4, 0.5) is 4.79 Å². The van der Waals surface area contributed by atoms with E-state index in [1.807, 2.05) is 36.6 Å². The van der Waals surface area contributed by atoms with E-state index < -0.39 is 17.5 Å². The molecule has 2 unspecified atom stereocenters. The number of nitrogens with one attached hydrogen (secondary N) is 1. The van der Waals surface area contributed by atoms with Crippen molar-refractivity contribution < 1.29 is 19.1 Å². The minimum absolute atomic E-state index is 0.00917. The normalized spacial score (nSPS) is 24.8. The third-order valence-corrected chi connectivity index (χ3v) is 5.82. The molecule has 8 heteroatoms. The van der Waals surface area contributed by atoms with Gasteiger partial charge in [0.25, 0.3) is 5.91 Å². The molecule has 1 N–H and O–H groups in total. The highest BCUT2D eigenvalue weighted by molar-refractivity contribution is 6.08. The summed E-state index contributed by atoms with van der Waals surface area (Å²) in [4.78, 5) is 42.8. The molecule has 3 heterocycles. The Balaban J connectivity index is 1.39. The molecule has 1 saturated carbocycles. The number of amides is 3. The SMILES string of the molecule is Cc1ccc2nc(COC(=O)CN3C(=O)NC4(CCCCC4C)C3=O)cn2c1. The first-order chi connectivity index (χ1) is 13.4. The van der Waals surface area contributed by atoms with Crippen LogP contribution in [0.2, 0.25) is 0 Å². The molecular formula is C20H24N4O4. The summed E-state index contributed by atoms with van der Waals surface area (Å²) in [5, 5.41) is 2.84. The molecule has 1 aliphatic heterocycles. The van der Waals surface area contributed by atoms with E-state index in [9.17, 15) is 14.4 Å². The number of carbonyl (C=O) groups excluding carboxylic acids is 3. The van der Waals surface area contributed by atoms with Crippen molar-refractivity contribution in [3.63, 3.8) is 0 Å². The summed E-state index contributed by atoms with van der Waals surface area (Å²) < 4.78 is 7.13. The molecule has 4 rings (SSSR count). The number of aryl methyl sites for hydroxylation is 1. The van der Waals surface area contributed by atoms with Gasteiger partial charge in [-0.2, -0.15) is 0 Å². The average molecular weight is 384 g/mol. The van der Waals surface area contributed by atoms with Crippen LogP contribution in [-0.4, -0.2) is 44.3 Å². The fourth-order valence-electron chi connectivity index (χ4n) is 4.19. The van der Waals surface area contributed by atoms with Gasteiger partial charge in [0.05, 0.1) is 5.69 Å². The summed E-state index contributed by atoms with van der Waals surface area (Å²) in [6.45, 7) is 3.57. The van der Waals surface area contributed by atoms with Crippen LogP contribution < -0.4 is 5.32 Å². The third kappa shape index (κ3) is 3.12. The van der Waals surface area contributed by atoms with Gasteiger partial charge in [0, 0.05) is 12.4 Å². The zero-order valence-corrected chi connectivity index (χ0v) is 16.1. The highest BCUT2D eigenvalue weighted by Crippen LogP contribution is 2.38. The molecule has 2 atom stereocenters. The monoisotopic (exact) mass is 384 g/mol. The fourth-order valence-corrected chi connectivity index (χ4v) is 4.19. The van der Waals surface area contributed by atoms with E-state index in [1.165, 1.54) is 0 Å². The van der Waals surface area contributed by atoms with Crippen LogP contribution >= 0.6 is 0 Å². The van der Waals surface area contributed by atoms with E-state index in [0.717, 1.165) is 35.4 Å². The number of esters is 1. The molecule has 1 saturated heterocycles.